The van der Waals surface area contributed by atoms with Crippen LogP contribution >= 0.6 is 0 Å². The van der Waals surface area contributed by atoms with E-state index >= 15 is 0 Å². The first-order valence-corrected chi connectivity index (χ1v) is 9.74. The number of nitrogens with zero attached hydrogens (tertiary/aromatic N) is 3. The third kappa shape index (κ3) is 3.69. The van der Waals surface area contributed by atoms with Gasteiger partial charge in [0.25, 0.3) is 0 Å². The highest BCUT2D eigenvalue weighted by atomic mass is 16.4. The zero-order valence-electron chi connectivity index (χ0n) is 17.6. The monoisotopic (exact) mass is 396 g/mol. The molecular formula is C22H28N4O3. The quantitative estimate of drug-likeness (QED) is 0.748. The summed E-state index contributed by atoms with van der Waals surface area (Å²) < 4.78 is 1.73. The van der Waals surface area contributed by atoms with Crippen LogP contribution in [0.5, 0.6) is 0 Å². The van der Waals surface area contributed by atoms with Crippen LogP contribution in [0.2, 0.25) is 0 Å². The Labute approximate surface area is 170 Å². The van der Waals surface area contributed by atoms with E-state index in [0.29, 0.717) is 24.2 Å². The molecule has 0 bridgehead atoms. The summed E-state index contributed by atoms with van der Waals surface area (Å²) in [7, 11) is 1.85. The Morgan fingerprint density at radius 3 is 2.59 bits per heavy atom. The summed E-state index contributed by atoms with van der Waals surface area (Å²) in [4.78, 5) is 29.4. The van der Waals surface area contributed by atoms with Gasteiger partial charge >= 0.3 is 5.97 Å². The lowest BCUT2D eigenvalue weighted by Crippen LogP contribution is -2.43. The minimum Gasteiger partial charge on any atom is -0.481 e. The molecule has 1 heterocycles. The SMILES string of the molecule is Cc1nn(C)cc1C=Nc1ccccc1NC(=O)[C@@H]1CC[C@@](C)(C(=O)O)C1(C)C. The van der Waals surface area contributed by atoms with Crippen molar-refractivity contribution >= 4 is 29.5 Å². The van der Waals surface area contributed by atoms with Crippen molar-refractivity contribution in [3.63, 3.8) is 0 Å². The summed E-state index contributed by atoms with van der Waals surface area (Å²) in [5.41, 5.74) is 1.44. The lowest BCUT2D eigenvalue weighted by Gasteiger charge is -2.37. The molecule has 1 amide bonds. The minimum atomic E-state index is -0.926. The van der Waals surface area contributed by atoms with Crippen molar-refractivity contribution in [1.82, 2.24) is 9.78 Å². The first-order valence-electron chi connectivity index (χ1n) is 9.74. The number of para-hydroxylation sites is 2. The van der Waals surface area contributed by atoms with Gasteiger partial charge in [0.05, 0.1) is 22.5 Å². The average molecular weight is 396 g/mol. The third-order valence-corrected chi connectivity index (χ3v) is 6.57. The molecule has 3 rings (SSSR count). The molecule has 1 fully saturated rings. The Bertz CT molecular complexity index is 976. The summed E-state index contributed by atoms with van der Waals surface area (Å²) in [6.07, 6.45) is 4.64. The van der Waals surface area contributed by atoms with Crippen molar-refractivity contribution in [2.75, 3.05) is 5.32 Å². The normalized spacial score (nSPS) is 23.4. The average Bonchev–Trinajstić information content (AvgIpc) is 3.09. The number of carbonyl (C=O) groups is 2. The smallest absolute Gasteiger partial charge is 0.309 e. The van der Waals surface area contributed by atoms with Gasteiger partial charge in [0, 0.05) is 30.9 Å². The van der Waals surface area contributed by atoms with Gasteiger partial charge in [-0.1, -0.05) is 26.0 Å². The van der Waals surface area contributed by atoms with Gasteiger partial charge in [-0.3, -0.25) is 19.3 Å². The van der Waals surface area contributed by atoms with Crippen molar-refractivity contribution in [2.24, 2.45) is 28.8 Å². The molecular weight excluding hydrogens is 368 g/mol. The van der Waals surface area contributed by atoms with Crippen LogP contribution in [0.1, 0.15) is 44.9 Å². The second-order valence-corrected chi connectivity index (χ2v) is 8.56. The van der Waals surface area contributed by atoms with Crippen LogP contribution in [0, 0.1) is 23.7 Å². The highest BCUT2D eigenvalue weighted by molar-refractivity contribution is 5.97. The van der Waals surface area contributed by atoms with Crippen LogP contribution in [0.4, 0.5) is 11.4 Å². The number of rotatable bonds is 5. The highest BCUT2D eigenvalue weighted by Gasteiger charge is 2.58. The predicted octanol–water partition coefficient (Wildman–Crippen LogP) is 3.94. The number of benzene rings is 1. The molecule has 2 atom stereocenters. The maximum Gasteiger partial charge on any atom is 0.309 e. The summed E-state index contributed by atoms with van der Waals surface area (Å²) in [6.45, 7) is 7.38. The third-order valence-electron chi connectivity index (χ3n) is 6.57. The topological polar surface area (TPSA) is 96.6 Å². The fourth-order valence-electron chi connectivity index (χ4n) is 4.14. The Balaban J connectivity index is 1.82. The van der Waals surface area contributed by atoms with Crippen LogP contribution in [0.3, 0.4) is 0 Å². The molecule has 0 unspecified atom stereocenters. The fourth-order valence-corrected chi connectivity index (χ4v) is 4.14. The van der Waals surface area contributed by atoms with Gasteiger partial charge in [-0.05, 0) is 44.2 Å². The molecule has 154 valence electrons. The number of aliphatic imine (C=N–C) groups is 1. The number of amides is 1. The number of nitrogens with one attached hydrogen (secondary N) is 1. The van der Waals surface area contributed by atoms with Crippen molar-refractivity contribution in [3.8, 4) is 0 Å². The van der Waals surface area contributed by atoms with Crippen LogP contribution in [-0.2, 0) is 16.6 Å². The van der Waals surface area contributed by atoms with Gasteiger partial charge in [-0.2, -0.15) is 5.10 Å². The number of anilines is 1. The van der Waals surface area contributed by atoms with E-state index < -0.39 is 16.8 Å². The van der Waals surface area contributed by atoms with Gasteiger partial charge in [-0.25, -0.2) is 0 Å². The molecule has 1 saturated carbocycles. The zero-order valence-corrected chi connectivity index (χ0v) is 17.6. The van der Waals surface area contributed by atoms with E-state index in [1.54, 1.807) is 23.9 Å². The van der Waals surface area contributed by atoms with E-state index in [-0.39, 0.29) is 11.8 Å². The molecule has 0 spiro atoms. The lowest BCUT2D eigenvalue weighted by atomic mass is 9.65. The zero-order chi connectivity index (χ0) is 21.4. The summed E-state index contributed by atoms with van der Waals surface area (Å²) in [5, 5.41) is 17.0. The maximum absolute atomic E-state index is 13.1. The van der Waals surface area contributed by atoms with E-state index in [1.807, 2.05) is 52.2 Å². The van der Waals surface area contributed by atoms with Crippen molar-refractivity contribution in [1.29, 1.82) is 0 Å². The highest BCUT2D eigenvalue weighted by Crippen LogP contribution is 2.56. The van der Waals surface area contributed by atoms with Gasteiger partial charge in [0.15, 0.2) is 0 Å². The second-order valence-electron chi connectivity index (χ2n) is 8.56. The molecule has 1 aromatic heterocycles. The molecule has 29 heavy (non-hydrogen) atoms. The van der Waals surface area contributed by atoms with Crippen LogP contribution < -0.4 is 5.32 Å². The van der Waals surface area contributed by atoms with Crippen LogP contribution in [0.15, 0.2) is 35.5 Å². The summed E-state index contributed by atoms with van der Waals surface area (Å²) in [6, 6.07) is 7.34. The second kappa shape index (κ2) is 7.46. The molecule has 0 radical (unpaired) electrons. The number of carboxylic acid groups (broad SMARTS) is 1. The molecule has 1 aromatic carbocycles. The number of hydrogen-bond donors (Lipinski definition) is 2. The molecule has 0 saturated heterocycles. The number of carbonyl (C=O) groups excluding carboxylic acids is 1. The standard InChI is InChI=1S/C22H28N4O3/c1-14-15(13-26(5)25-14)12-23-17-8-6-7-9-18(17)24-19(27)16-10-11-22(4,20(28)29)21(16,2)3/h6-9,12-13,16H,10-11H2,1-5H3,(H,24,27)(H,28,29)/t16-,22-/m0/s1. The Morgan fingerprint density at radius 2 is 2.00 bits per heavy atom. The van der Waals surface area contributed by atoms with Gasteiger partial charge in [-0.15, -0.1) is 0 Å². The number of aryl methyl sites for hydroxylation is 2. The molecule has 7 nitrogen and oxygen atoms in total. The van der Waals surface area contributed by atoms with E-state index in [2.05, 4.69) is 15.4 Å². The van der Waals surface area contributed by atoms with Crippen molar-refractivity contribution < 1.29 is 14.7 Å². The largest absolute Gasteiger partial charge is 0.481 e. The van der Waals surface area contributed by atoms with Gasteiger partial charge in [0.1, 0.15) is 0 Å². The maximum atomic E-state index is 13.1. The number of aromatic nitrogens is 2. The van der Waals surface area contributed by atoms with Crippen molar-refractivity contribution in [2.45, 2.75) is 40.5 Å². The van der Waals surface area contributed by atoms with E-state index in [9.17, 15) is 14.7 Å². The minimum absolute atomic E-state index is 0.166. The Hall–Kier alpha value is -2.96. The molecule has 2 aromatic rings. The van der Waals surface area contributed by atoms with Crippen LogP contribution in [-0.4, -0.2) is 33.0 Å². The van der Waals surface area contributed by atoms with E-state index in [0.717, 1.165) is 11.3 Å². The molecule has 0 aliphatic heterocycles. The summed E-state index contributed by atoms with van der Waals surface area (Å²) >= 11 is 0. The van der Waals surface area contributed by atoms with Crippen molar-refractivity contribution in [3.05, 3.63) is 41.7 Å². The lowest BCUT2D eigenvalue weighted by molar-refractivity contribution is -0.154. The Morgan fingerprint density at radius 1 is 1.31 bits per heavy atom. The molecule has 2 N–H and O–H groups in total. The number of hydrogen-bond acceptors (Lipinski definition) is 4. The number of aliphatic carboxylic acids is 1. The van der Waals surface area contributed by atoms with Gasteiger partial charge in [0.2, 0.25) is 5.91 Å². The first-order chi connectivity index (χ1) is 13.6. The molecule has 1 aliphatic carbocycles. The first kappa shape index (κ1) is 20.8. The predicted molar refractivity (Wildman–Crippen MR) is 113 cm³/mol. The number of carboxylic acids is 1. The van der Waals surface area contributed by atoms with E-state index in [1.165, 1.54) is 0 Å². The molecule has 7 heteroatoms. The molecule has 1 aliphatic rings. The fraction of sp³-hybridized carbons (Fsp3) is 0.455. The summed E-state index contributed by atoms with van der Waals surface area (Å²) in [5.74, 6) is -1.41. The van der Waals surface area contributed by atoms with E-state index in [4.69, 9.17) is 0 Å². The Kier molecular flexibility index (Phi) is 5.34. The van der Waals surface area contributed by atoms with Crippen LogP contribution in [0.25, 0.3) is 0 Å². The van der Waals surface area contributed by atoms with Gasteiger partial charge < -0.3 is 10.4 Å².